The standard InChI is InChI=1S/C25H30N2O3.C7H17NO5/c28-23(29)6-7-26-24(30)20-11-21(19-4-2-1-3-5-19)27-22(20)15-25-12-16-8-17(13-25)10-18(9-16)14-25;1-8-2-4(10)6(12)7(13)5(11)3-9/h1-5,11,16-18,27H,6-10,12-15H2,(H,26,30)(H,28,29);4-13H,2-3H2,1H3. The van der Waals surface area contributed by atoms with E-state index in [1.165, 1.54) is 38.5 Å². The Balaban J connectivity index is 0.000000277. The predicted molar refractivity (Wildman–Crippen MR) is 160 cm³/mol. The SMILES string of the molecule is CNCC(O)C(O)C(O)C(O)CO.O=C(O)CCNC(=O)c1cc(-c2ccccc2)[nH]c1CC12CC3CC(CC(C3)C1)C2. The van der Waals surface area contributed by atoms with Crippen LogP contribution in [-0.2, 0) is 11.2 Å². The number of aliphatic hydroxyl groups is 5. The van der Waals surface area contributed by atoms with Crippen molar-refractivity contribution in [2.24, 2.45) is 23.2 Å². The second-order valence-electron chi connectivity index (χ2n) is 12.8. The lowest BCUT2D eigenvalue weighted by molar-refractivity contribution is -0.136. The van der Waals surface area contributed by atoms with Crippen LogP contribution in [0, 0.1) is 23.2 Å². The summed E-state index contributed by atoms with van der Waals surface area (Å²) in [5, 5.41) is 59.2. The molecule has 11 nitrogen and oxygen atoms in total. The summed E-state index contributed by atoms with van der Waals surface area (Å²) in [5.74, 6) is 1.53. The van der Waals surface area contributed by atoms with Gasteiger partial charge in [0.25, 0.3) is 5.91 Å². The van der Waals surface area contributed by atoms with Crippen molar-refractivity contribution in [3.05, 3.63) is 47.7 Å². The molecule has 6 rings (SSSR count). The first kappa shape index (κ1) is 33.1. The van der Waals surface area contributed by atoms with E-state index in [0.29, 0.717) is 11.0 Å². The van der Waals surface area contributed by atoms with E-state index in [2.05, 4.69) is 15.6 Å². The fourth-order valence-corrected chi connectivity index (χ4v) is 7.77. The first-order valence-corrected chi connectivity index (χ1v) is 15.3. The van der Waals surface area contributed by atoms with Gasteiger partial charge in [-0.15, -0.1) is 0 Å². The molecule has 4 aliphatic carbocycles. The Morgan fingerprint density at radius 1 is 0.953 bits per heavy atom. The number of carboxylic acid groups (broad SMARTS) is 1. The third-order valence-corrected chi connectivity index (χ3v) is 9.31. The van der Waals surface area contributed by atoms with Gasteiger partial charge in [-0.3, -0.25) is 9.59 Å². The molecule has 0 saturated heterocycles. The Bertz CT molecular complexity index is 1170. The molecule has 11 heteroatoms. The number of amides is 1. The molecule has 4 unspecified atom stereocenters. The number of rotatable bonds is 13. The molecule has 43 heavy (non-hydrogen) atoms. The maximum absolute atomic E-state index is 13.0. The summed E-state index contributed by atoms with van der Waals surface area (Å²) in [5.41, 5.74) is 4.04. The molecule has 0 aliphatic heterocycles. The number of hydrogen-bond acceptors (Lipinski definition) is 8. The summed E-state index contributed by atoms with van der Waals surface area (Å²) in [6, 6.07) is 12.0. The van der Waals surface area contributed by atoms with Gasteiger partial charge in [0.2, 0.25) is 0 Å². The van der Waals surface area contributed by atoms with Crippen LogP contribution in [0.15, 0.2) is 36.4 Å². The van der Waals surface area contributed by atoms with Crippen LogP contribution in [0.3, 0.4) is 0 Å². The highest BCUT2D eigenvalue weighted by molar-refractivity contribution is 5.97. The van der Waals surface area contributed by atoms with Crippen LogP contribution < -0.4 is 10.6 Å². The van der Waals surface area contributed by atoms with Gasteiger partial charge in [-0.25, -0.2) is 0 Å². The van der Waals surface area contributed by atoms with E-state index in [1.54, 1.807) is 7.05 Å². The molecule has 1 aromatic heterocycles. The molecule has 4 saturated carbocycles. The highest BCUT2D eigenvalue weighted by Crippen LogP contribution is 2.61. The van der Waals surface area contributed by atoms with Gasteiger partial charge in [0, 0.05) is 24.5 Å². The Kier molecular flexibility index (Phi) is 11.4. The molecule has 2 aromatic rings. The van der Waals surface area contributed by atoms with Gasteiger partial charge in [-0.2, -0.15) is 0 Å². The van der Waals surface area contributed by atoms with Crippen molar-refractivity contribution in [3.8, 4) is 11.3 Å². The first-order chi connectivity index (χ1) is 20.5. The van der Waals surface area contributed by atoms with Gasteiger partial charge in [0.15, 0.2) is 0 Å². The van der Waals surface area contributed by atoms with Crippen LogP contribution in [0.5, 0.6) is 0 Å². The fraction of sp³-hybridized carbons (Fsp3) is 0.625. The number of likely N-dealkylation sites (N-methyl/N-ethyl adjacent to an activating group) is 1. The van der Waals surface area contributed by atoms with Crippen LogP contribution in [0.4, 0.5) is 0 Å². The Hall–Kier alpha value is -2.80. The molecular weight excluding hydrogens is 554 g/mol. The lowest BCUT2D eigenvalue weighted by atomic mass is 9.48. The van der Waals surface area contributed by atoms with Gasteiger partial charge in [0.1, 0.15) is 18.3 Å². The number of carboxylic acids is 1. The largest absolute Gasteiger partial charge is 0.481 e. The molecule has 4 bridgehead atoms. The Morgan fingerprint density at radius 3 is 2.07 bits per heavy atom. The van der Waals surface area contributed by atoms with Gasteiger partial charge < -0.3 is 46.3 Å². The minimum atomic E-state index is -1.55. The van der Waals surface area contributed by atoms with E-state index in [0.717, 1.165) is 41.1 Å². The predicted octanol–water partition coefficient (Wildman–Crippen LogP) is 1.29. The smallest absolute Gasteiger partial charge is 0.305 e. The zero-order chi connectivity index (χ0) is 31.1. The maximum Gasteiger partial charge on any atom is 0.305 e. The van der Waals surface area contributed by atoms with Gasteiger partial charge in [-0.1, -0.05) is 30.3 Å². The van der Waals surface area contributed by atoms with Crippen LogP contribution in [-0.4, -0.2) is 98.7 Å². The number of carbonyl (C=O) groups is 2. The number of nitrogens with one attached hydrogen (secondary N) is 3. The van der Waals surface area contributed by atoms with Crippen LogP contribution in [0.1, 0.15) is 61.0 Å². The van der Waals surface area contributed by atoms with Crippen molar-refractivity contribution < 1.29 is 40.2 Å². The van der Waals surface area contributed by atoms with E-state index < -0.39 is 37.0 Å². The second kappa shape index (κ2) is 14.8. The lowest BCUT2D eigenvalue weighted by Gasteiger charge is -2.57. The minimum Gasteiger partial charge on any atom is -0.481 e. The number of aliphatic carboxylic acids is 1. The van der Waals surface area contributed by atoms with Crippen LogP contribution >= 0.6 is 0 Å². The molecule has 1 amide bonds. The molecule has 1 heterocycles. The highest BCUT2D eigenvalue weighted by atomic mass is 16.4. The van der Waals surface area contributed by atoms with E-state index in [9.17, 15) is 14.7 Å². The average Bonchev–Trinajstić information content (AvgIpc) is 3.39. The molecule has 4 fully saturated rings. The topological polar surface area (TPSA) is 195 Å². The maximum atomic E-state index is 13.0. The zero-order valence-electron chi connectivity index (χ0n) is 24.8. The van der Waals surface area contributed by atoms with Crippen LogP contribution in [0.2, 0.25) is 0 Å². The Labute approximate surface area is 252 Å². The van der Waals surface area contributed by atoms with Crippen molar-refractivity contribution in [2.75, 3.05) is 26.7 Å². The van der Waals surface area contributed by atoms with Crippen LogP contribution in [0.25, 0.3) is 11.3 Å². The molecule has 0 radical (unpaired) electrons. The van der Waals surface area contributed by atoms with E-state index in [-0.39, 0.29) is 25.4 Å². The summed E-state index contributed by atoms with van der Waals surface area (Å²) >= 11 is 0. The summed E-state index contributed by atoms with van der Waals surface area (Å²) in [7, 11) is 1.57. The summed E-state index contributed by atoms with van der Waals surface area (Å²) in [6.07, 6.45) is 3.30. The molecule has 4 atom stereocenters. The van der Waals surface area contributed by atoms with Crippen molar-refractivity contribution in [3.63, 3.8) is 0 Å². The van der Waals surface area contributed by atoms with Gasteiger partial charge in [0.05, 0.1) is 24.7 Å². The number of H-pyrrole nitrogens is 1. The number of aliphatic hydroxyl groups excluding tert-OH is 5. The number of aromatic amines is 1. The summed E-state index contributed by atoms with van der Waals surface area (Å²) in [6.45, 7) is -0.419. The molecule has 238 valence electrons. The van der Waals surface area contributed by atoms with Crippen molar-refractivity contribution in [2.45, 2.75) is 75.8 Å². The number of hydrogen-bond donors (Lipinski definition) is 9. The number of benzene rings is 1. The monoisotopic (exact) mass is 601 g/mol. The van der Waals surface area contributed by atoms with Gasteiger partial charge >= 0.3 is 5.97 Å². The Morgan fingerprint density at radius 2 is 1.53 bits per heavy atom. The average molecular weight is 602 g/mol. The second-order valence-corrected chi connectivity index (χ2v) is 12.8. The fourth-order valence-electron chi connectivity index (χ4n) is 7.77. The third-order valence-electron chi connectivity index (χ3n) is 9.31. The molecule has 0 spiro atoms. The number of aromatic nitrogens is 1. The number of carbonyl (C=O) groups excluding carboxylic acids is 1. The highest BCUT2D eigenvalue weighted by Gasteiger charge is 2.51. The zero-order valence-corrected chi connectivity index (χ0v) is 24.8. The molecule has 9 N–H and O–H groups in total. The molecule has 1 aromatic carbocycles. The van der Waals surface area contributed by atoms with Crippen molar-refractivity contribution in [1.82, 2.24) is 15.6 Å². The third kappa shape index (κ3) is 8.43. The van der Waals surface area contributed by atoms with E-state index in [1.807, 2.05) is 36.4 Å². The normalized spacial score (nSPS) is 26.6. The van der Waals surface area contributed by atoms with E-state index in [4.69, 9.17) is 25.5 Å². The van der Waals surface area contributed by atoms with Crippen molar-refractivity contribution >= 4 is 11.9 Å². The lowest BCUT2D eigenvalue weighted by Crippen LogP contribution is -2.48. The van der Waals surface area contributed by atoms with E-state index >= 15 is 0 Å². The quantitative estimate of drug-likeness (QED) is 0.163. The summed E-state index contributed by atoms with van der Waals surface area (Å²) in [4.78, 5) is 27.4. The molecular formula is C32H47N3O8. The van der Waals surface area contributed by atoms with Crippen molar-refractivity contribution in [1.29, 1.82) is 0 Å². The molecule has 4 aliphatic rings. The first-order valence-electron chi connectivity index (χ1n) is 15.3. The van der Waals surface area contributed by atoms with Gasteiger partial charge in [-0.05, 0) is 86.8 Å². The minimum absolute atomic E-state index is 0.0635. The summed E-state index contributed by atoms with van der Waals surface area (Å²) < 4.78 is 0.